The normalized spacial score (nSPS) is 34.8. The van der Waals surface area contributed by atoms with E-state index < -0.39 is 0 Å². The van der Waals surface area contributed by atoms with Crippen molar-refractivity contribution < 1.29 is 10.2 Å². The van der Waals surface area contributed by atoms with Gasteiger partial charge in [0.05, 0.1) is 0 Å². The molecule has 0 amide bonds. The molecule has 28 heavy (non-hydrogen) atoms. The minimum atomic E-state index is -0.109. The molecule has 0 aromatic carbocycles. The Balaban J connectivity index is 2.83. The van der Waals surface area contributed by atoms with Crippen LogP contribution < -0.4 is 0 Å². The van der Waals surface area contributed by atoms with Crippen molar-refractivity contribution in [3.63, 3.8) is 0 Å². The van der Waals surface area contributed by atoms with E-state index in [0.717, 1.165) is 12.8 Å². The molecule has 0 spiro atoms. The lowest BCUT2D eigenvalue weighted by Gasteiger charge is -2.63. The monoisotopic (exact) mass is 386 g/mol. The minimum Gasteiger partial charge on any atom is -0.508 e. The lowest BCUT2D eigenvalue weighted by molar-refractivity contribution is -0.0957. The van der Waals surface area contributed by atoms with E-state index in [1.807, 2.05) is 24.3 Å². The SMILES string of the molecule is CCCC(C1(C(C)(C)C)C=CC(O)=CC1C)C1(C(C)(C)C)C=CC(O)=CC1C. The smallest absolute Gasteiger partial charge is 0.111 e. The molecule has 0 radical (unpaired) electrons. The molecule has 2 N–H and O–H groups in total. The zero-order valence-corrected chi connectivity index (χ0v) is 19.5. The fraction of sp³-hybridized carbons (Fsp3) is 0.692. The highest BCUT2D eigenvalue weighted by atomic mass is 16.3. The second-order valence-electron chi connectivity index (χ2n) is 11.1. The number of rotatable bonds is 4. The third-order valence-corrected chi connectivity index (χ3v) is 7.74. The molecule has 0 heterocycles. The van der Waals surface area contributed by atoms with Crippen LogP contribution in [0, 0.1) is 39.4 Å². The number of aliphatic hydroxyl groups is 2. The second kappa shape index (κ2) is 7.43. The summed E-state index contributed by atoms with van der Waals surface area (Å²) in [6.07, 6.45) is 14.7. The van der Waals surface area contributed by atoms with Crippen LogP contribution in [0.1, 0.15) is 75.2 Å². The summed E-state index contributed by atoms with van der Waals surface area (Å²) < 4.78 is 0. The standard InChI is InChI=1S/C26H42O2/c1-10-11-22(25(23(4,5)6)14-12-20(27)16-18(25)2)26(24(7,8)9)15-13-21(28)17-19(26)3/h12-19,22,27-28H,10-11H2,1-9H3. The molecule has 0 aromatic heterocycles. The molecule has 0 fully saturated rings. The van der Waals surface area contributed by atoms with Gasteiger partial charge in [0.15, 0.2) is 0 Å². The summed E-state index contributed by atoms with van der Waals surface area (Å²) in [6.45, 7) is 20.8. The highest BCUT2D eigenvalue weighted by Gasteiger charge is 2.61. The Bertz CT molecular complexity index is 637. The van der Waals surface area contributed by atoms with Gasteiger partial charge in [-0.2, -0.15) is 0 Å². The summed E-state index contributed by atoms with van der Waals surface area (Å²) in [5.74, 6) is 1.53. The van der Waals surface area contributed by atoms with Crippen LogP contribution in [0.25, 0.3) is 0 Å². The van der Waals surface area contributed by atoms with Gasteiger partial charge in [0.25, 0.3) is 0 Å². The van der Waals surface area contributed by atoms with Crippen molar-refractivity contribution in [1.29, 1.82) is 0 Å². The maximum Gasteiger partial charge on any atom is 0.111 e. The van der Waals surface area contributed by atoms with Gasteiger partial charge in [-0.05, 0) is 59.3 Å². The highest BCUT2D eigenvalue weighted by Crippen LogP contribution is 2.66. The van der Waals surface area contributed by atoms with Crippen molar-refractivity contribution >= 4 is 0 Å². The fourth-order valence-corrected chi connectivity index (χ4v) is 6.59. The Labute approximate surface area is 173 Å². The molecule has 4 atom stereocenters. The molecule has 4 unspecified atom stereocenters. The number of aliphatic hydroxyl groups excluding tert-OH is 2. The summed E-state index contributed by atoms with van der Waals surface area (Å²) in [7, 11) is 0. The summed E-state index contributed by atoms with van der Waals surface area (Å²) in [5.41, 5.74) is -0.201. The topological polar surface area (TPSA) is 40.5 Å². The van der Waals surface area contributed by atoms with E-state index in [-0.39, 0.29) is 33.5 Å². The van der Waals surface area contributed by atoms with E-state index in [1.54, 1.807) is 0 Å². The summed E-state index contributed by atoms with van der Waals surface area (Å²) in [5, 5.41) is 20.5. The third kappa shape index (κ3) is 3.37. The molecule has 2 heteroatoms. The number of allylic oxidation sites excluding steroid dienone is 6. The molecule has 0 aromatic rings. The molecular formula is C26H42O2. The lowest BCUT2D eigenvalue weighted by Crippen LogP contribution is -2.58. The van der Waals surface area contributed by atoms with Crippen LogP contribution in [0.2, 0.25) is 0 Å². The molecule has 0 saturated carbocycles. The van der Waals surface area contributed by atoms with Gasteiger partial charge in [0.2, 0.25) is 0 Å². The van der Waals surface area contributed by atoms with E-state index >= 15 is 0 Å². The van der Waals surface area contributed by atoms with Gasteiger partial charge in [-0.1, -0.05) is 80.9 Å². The van der Waals surface area contributed by atoms with Crippen LogP contribution in [-0.4, -0.2) is 10.2 Å². The summed E-state index contributed by atoms with van der Waals surface area (Å²) >= 11 is 0. The predicted octanol–water partition coefficient (Wildman–Crippen LogP) is 7.76. The average Bonchev–Trinajstić information content (AvgIpc) is 2.52. The van der Waals surface area contributed by atoms with E-state index in [0.29, 0.717) is 17.4 Å². The first-order chi connectivity index (χ1) is 12.7. The van der Waals surface area contributed by atoms with Gasteiger partial charge in [-0.15, -0.1) is 0 Å². The minimum absolute atomic E-state index is 0.00890. The van der Waals surface area contributed by atoms with Crippen LogP contribution >= 0.6 is 0 Å². The molecule has 2 aliphatic carbocycles. The Morgan fingerprint density at radius 2 is 1.18 bits per heavy atom. The van der Waals surface area contributed by atoms with Crippen LogP contribution in [-0.2, 0) is 0 Å². The number of hydrogen-bond donors (Lipinski definition) is 2. The maximum atomic E-state index is 10.2. The quantitative estimate of drug-likeness (QED) is 0.518. The summed E-state index contributed by atoms with van der Waals surface area (Å²) in [6, 6.07) is 0. The van der Waals surface area contributed by atoms with Gasteiger partial charge < -0.3 is 10.2 Å². The van der Waals surface area contributed by atoms with Crippen LogP contribution in [0.5, 0.6) is 0 Å². The Hall–Kier alpha value is -1.44. The molecule has 0 aliphatic heterocycles. The molecule has 158 valence electrons. The van der Waals surface area contributed by atoms with Crippen LogP contribution in [0.4, 0.5) is 0 Å². The van der Waals surface area contributed by atoms with Gasteiger partial charge >= 0.3 is 0 Å². The Kier molecular flexibility index (Phi) is 6.06. The predicted molar refractivity (Wildman–Crippen MR) is 120 cm³/mol. The Morgan fingerprint density at radius 1 is 0.821 bits per heavy atom. The average molecular weight is 387 g/mol. The van der Waals surface area contributed by atoms with E-state index in [2.05, 4.69) is 74.5 Å². The van der Waals surface area contributed by atoms with Gasteiger partial charge in [0.1, 0.15) is 11.5 Å². The van der Waals surface area contributed by atoms with Crippen molar-refractivity contribution in [3.05, 3.63) is 48.0 Å². The molecule has 0 saturated heterocycles. The van der Waals surface area contributed by atoms with Gasteiger partial charge in [-0.3, -0.25) is 0 Å². The highest BCUT2D eigenvalue weighted by molar-refractivity contribution is 5.33. The molecule has 2 nitrogen and oxygen atoms in total. The number of hydrogen-bond acceptors (Lipinski definition) is 2. The zero-order chi connectivity index (χ0) is 21.5. The Morgan fingerprint density at radius 3 is 1.43 bits per heavy atom. The molecular weight excluding hydrogens is 344 g/mol. The summed E-state index contributed by atoms with van der Waals surface area (Å²) in [4.78, 5) is 0. The first kappa shape index (κ1) is 22.8. The second-order valence-corrected chi connectivity index (χ2v) is 11.1. The van der Waals surface area contributed by atoms with Crippen molar-refractivity contribution in [3.8, 4) is 0 Å². The molecule has 2 rings (SSSR count). The van der Waals surface area contributed by atoms with Crippen molar-refractivity contribution in [2.45, 2.75) is 75.2 Å². The zero-order valence-electron chi connectivity index (χ0n) is 19.5. The fourth-order valence-electron chi connectivity index (χ4n) is 6.59. The maximum absolute atomic E-state index is 10.2. The lowest BCUT2D eigenvalue weighted by atomic mass is 9.40. The first-order valence-corrected chi connectivity index (χ1v) is 10.9. The van der Waals surface area contributed by atoms with Crippen molar-refractivity contribution in [1.82, 2.24) is 0 Å². The van der Waals surface area contributed by atoms with Gasteiger partial charge in [-0.25, -0.2) is 0 Å². The largest absolute Gasteiger partial charge is 0.508 e. The molecule has 0 bridgehead atoms. The van der Waals surface area contributed by atoms with Gasteiger partial charge in [0, 0.05) is 10.8 Å². The molecule has 2 aliphatic rings. The van der Waals surface area contributed by atoms with E-state index in [1.165, 1.54) is 0 Å². The third-order valence-electron chi connectivity index (χ3n) is 7.74. The van der Waals surface area contributed by atoms with E-state index in [4.69, 9.17) is 0 Å². The van der Waals surface area contributed by atoms with Crippen molar-refractivity contribution in [2.24, 2.45) is 39.4 Å². The van der Waals surface area contributed by atoms with Crippen LogP contribution in [0.3, 0.4) is 0 Å². The van der Waals surface area contributed by atoms with Crippen LogP contribution in [0.15, 0.2) is 48.0 Å². The first-order valence-electron chi connectivity index (χ1n) is 10.9. The van der Waals surface area contributed by atoms with Crippen molar-refractivity contribution in [2.75, 3.05) is 0 Å². The van der Waals surface area contributed by atoms with E-state index in [9.17, 15) is 10.2 Å².